The van der Waals surface area contributed by atoms with Crippen LogP contribution in [0.4, 0.5) is 11.4 Å². The molecule has 2 aromatic carbocycles. The van der Waals surface area contributed by atoms with Crippen molar-refractivity contribution in [1.29, 1.82) is 0 Å². The average Bonchev–Trinajstić information content (AvgIpc) is 2.51. The fourth-order valence-electron chi connectivity index (χ4n) is 1.76. The Morgan fingerprint density at radius 1 is 0.957 bits per heavy atom. The van der Waals surface area contributed by atoms with Crippen molar-refractivity contribution in [3.63, 3.8) is 0 Å². The standard InChI is InChI=1S/C17H16BrClN2O2/c1-17(2,15(22)20-12-9-7-11(18)8-10-12)16(23)21-14-6-4-3-5-13(14)19/h3-10H,1-2H3,(H,20,22)(H,21,23). The summed E-state index contributed by atoms with van der Waals surface area (Å²) in [7, 11) is 0. The van der Waals surface area contributed by atoms with Crippen LogP contribution < -0.4 is 10.6 Å². The number of anilines is 2. The second-order valence-electron chi connectivity index (χ2n) is 5.52. The second-order valence-corrected chi connectivity index (χ2v) is 6.84. The molecule has 6 heteroatoms. The SMILES string of the molecule is CC(C)(C(=O)Nc1ccc(Br)cc1)C(=O)Nc1ccccc1Cl. The summed E-state index contributed by atoms with van der Waals surface area (Å²) in [6.45, 7) is 3.13. The zero-order chi connectivity index (χ0) is 17.0. The molecule has 0 radical (unpaired) electrons. The molecule has 0 heterocycles. The summed E-state index contributed by atoms with van der Waals surface area (Å²) in [4.78, 5) is 24.9. The van der Waals surface area contributed by atoms with Gasteiger partial charge in [0.1, 0.15) is 5.41 Å². The van der Waals surface area contributed by atoms with Crippen LogP contribution in [0.15, 0.2) is 53.0 Å². The van der Waals surface area contributed by atoms with Gasteiger partial charge in [-0.1, -0.05) is 39.7 Å². The van der Waals surface area contributed by atoms with Crippen LogP contribution in [-0.2, 0) is 9.59 Å². The number of rotatable bonds is 4. The largest absolute Gasteiger partial charge is 0.325 e. The number of nitrogens with one attached hydrogen (secondary N) is 2. The molecule has 2 amide bonds. The van der Waals surface area contributed by atoms with Gasteiger partial charge in [0, 0.05) is 10.2 Å². The van der Waals surface area contributed by atoms with E-state index in [0.29, 0.717) is 16.4 Å². The summed E-state index contributed by atoms with van der Waals surface area (Å²) in [5, 5.41) is 5.85. The molecule has 0 aliphatic heterocycles. The fraction of sp³-hybridized carbons (Fsp3) is 0.176. The number of benzene rings is 2. The molecule has 0 aliphatic rings. The molecule has 0 aliphatic carbocycles. The van der Waals surface area contributed by atoms with Gasteiger partial charge < -0.3 is 10.6 Å². The number of carbonyl (C=O) groups is 2. The van der Waals surface area contributed by atoms with Gasteiger partial charge in [0.2, 0.25) is 11.8 Å². The molecule has 2 rings (SSSR count). The summed E-state index contributed by atoms with van der Waals surface area (Å²) < 4.78 is 0.909. The molecule has 4 nitrogen and oxygen atoms in total. The number of hydrogen-bond donors (Lipinski definition) is 2. The summed E-state index contributed by atoms with van der Waals surface area (Å²) in [6.07, 6.45) is 0. The first kappa shape index (κ1) is 17.5. The van der Waals surface area contributed by atoms with E-state index in [0.717, 1.165) is 4.47 Å². The third kappa shape index (κ3) is 4.33. The molecule has 0 saturated heterocycles. The van der Waals surface area contributed by atoms with Gasteiger partial charge in [-0.05, 0) is 50.2 Å². The minimum absolute atomic E-state index is 0.399. The van der Waals surface area contributed by atoms with Crippen molar-refractivity contribution >= 4 is 50.7 Å². The van der Waals surface area contributed by atoms with Crippen molar-refractivity contribution in [3.05, 3.63) is 58.0 Å². The zero-order valence-corrected chi connectivity index (χ0v) is 15.0. The van der Waals surface area contributed by atoms with E-state index in [9.17, 15) is 9.59 Å². The first-order chi connectivity index (χ1) is 10.8. The maximum absolute atomic E-state index is 12.4. The van der Waals surface area contributed by atoms with Crippen molar-refractivity contribution in [2.75, 3.05) is 10.6 Å². The Labute approximate surface area is 148 Å². The highest BCUT2D eigenvalue weighted by atomic mass is 79.9. The zero-order valence-electron chi connectivity index (χ0n) is 12.7. The average molecular weight is 396 g/mol. The predicted octanol–water partition coefficient (Wildman–Crippen LogP) is 4.71. The van der Waals surface area contributed by atoms with Crippen molar-refractivity contribution < 1.29 is 9.59 Å². The second kappa shape index (κ2) is 7.15. The van der Waals surface area contributed by atoms with Crippen LogP contribution in [0.3, 0.4) is 0 Å². The van der Waals surface area contributed by atoms with Crippen LogP contribution >= 0.6 is 27.5 Å². The van der Waals surface area contributed by atoms with E-state index in [1.54, 1.807) is 50.2 Å². The van der Waals surface area contributed by atoms with Crippen LogP contribution in [0.5, 0.6) is 0 Å². The molecule has 23 heavy (non-hydrogen) atoms. The van der Waals surface area contributed by atoms with Gasteiger partial charge in [0.25, 0.3) is 0 Å². The molecule has 0 fully saturated rings. The highest BCUT2D eigenvalue weighted by Crippen LogP contribution is 2.25. The normalized spacial score (nSPS) is 11.0. The van der Waals surface area contributed by atoms with Gasteiger partial charge in [-0.15, -0.1) is 0 Å². The van der Waals surface area contributed by atoms with Crippen LogP contribution in [0, 0.1) is 5.41 Å². The Kier molecular flexibility index (Phi) is 5.44. The molecule has 0 bridgehead atoms. The summed E-state index contributed by atoms with van der Waals surface area (Å²) in [5.41, 5.74) is -0.160. The van der Waals surface area contributed by atoms with Crippen molar-refractivity contribution in [2.45, 2.75) is 13.8 Å². The summed E-state index contributed by atoms with van der Waals surface area (Å²) in [6, 6.07) is 14.0. The minimum atomic E-state index is -1.26. The molecule has 0 saturated carbocycles. The molecule has 120 valence electrons. The summed E-state index contributed by atoms with van der Waals surface area (Å²) in [5.74, 6) is -0.829. The molecule has 0 aromatic heterocycles. The minimum Gasteiger partial charge on any atom is -0.325 e. The van der Waals surface area contributed by atoms with Crippen molar-refractivity contribution in [3.8, 4) is 0 Å². The molecule has 0 atom stereocenters. The fourth-order valence-corrected chi connectivity index (χ4v) is 2.21. The number of hydrogen-bond acceptors (Lipinski definition) is 2. The molecule has 0 spiro atoms. The van der Waals surface area contributed by atoms with Crippen LogP contribution in [0.1, 0.15) is 13.8 Å². The quantitative estimate of drug-likeness (QED) is 0.737. The van der Waals surface area contributed by atoms with Gasteiger partial charge in [-0.2, -0.15) is 0 Å². The van der Waals surface area contributed by atoms with Crippen LogP contribution in [0.2, 0.25) is 5.02 Å². The molecule has 2 N–H and O–H groups in total. The van der Waals surface area contributed by atoms with Gasteiger partial charge in [-0.25, -0.2) is 0 Å². The van der Waals surface area contributed by atoms with Gasteiger partial charge in [0.15, 0.2) is 0 Å². The Morgan fingerprint density at radius 3 is 2.13 bits per heavy atom. The number of para-hydroxylation sites is 1. The van der Waals surface area contributed by atoms with E-state index in [4.69, 9.17) is 11.6 Å². The van der Waals surface area contributed by atoms with E-state index in [1.165, 1.54) is 0 Å². The van der Waals surface area contributed by atoms with E-state index in [1.807, 2.05) is 12.1 Å². The highest BCUT2D eigenvalue weighted by molar-refractivity contribution is 9.10. The Hall–Kier alpha value is -1.85. The van der Waals surface area contributed by atoms with Gasteiger partial charge >= 0.3 is 0 Å². The lowest BCUT2D eigenvalue weighted by atomic mass is 9.90. The van der Waals surface area contributed by atoms with E-state index >= 15 is 0 Å². The van der Waals surface area contributed by atoms with Crippen LogP contribution in [0.25, 0.3) is 0 Å². The third-order valence-corrected chi connectivity index (χ3v) is 4.22. The van der Waals surface area contributed by atoms with E-state index < -0.39 is 17.2 Å². The smallest absolute Gasteiger partial charge is 0.239 e. The maximum Gasteiger partial charge on any atom is 0.239 e. The Balaban J connectivity index is 2.10. The lowest BCUT2D eigenvalue weighted by Crippen LogP contribution is -2.41. The van der Waals surface area contributed by atoms with Crippen molar-refractivity contribution in [2.24, 2.45) is 5.41 Å². The number of halogens is 2. The number of carbonyl (C=O) groups excluding carboxylic acids is 2. The highest BCUT2D eigenvalue weighted by Gasteiger charge is 2.36. The summed E-state index contributed by atoms with van der Waals surface area (Å²) >= 11 is 9.35. The lowest BCUT2D eigenvalue weighted by molar-refractivity contribution is -0.135. The number of amides is 2. The Morgan fingerprint density at radius 2 is 1.52 bits per heavy atom. The van der Waals surface area contributed by atoms with E-state index in [2.05, 4.69) is 26.6 Å². The van der Waals surface area contributed by atoms with E-state index in [-0.39, 0.29) is 0 Å². The van der Waals surface area contributed by atoms with Gasteiger partial charge in [-0.3, -0.25) is 9.59 Å². The first-order valence-corrected chi connectivity index (χ1v) is 8.11. The van der Waals surface area contributed by atoms with Gasteiger partial charge in [0.05, 0.1) is 10.7 Å². The lowest BCUT2D eigenvalue weighted by Gasteiger charge is -2.23. The maximum atomic E-state index is 12.4. The molecule has 0 unspecified atom stereocenters. The monoisotopic (exact) mass is 394 g/mol. The van der Waals surface area contributed by atoms with Crippen LogP contribution in [-0.4, -0.2) is 11.8 Å². The molecular formula is C17H16BrClN2O2. The topological polar surface area (TPSA) is 58.2 Å². The Bertz CT molecular complexity index is 730. The molecule has 2 aromatic rings. The molecular weight excluding hydrogens is 380 g/mol. The third-order valence-electron chi connectivity index (χ3n) is 3.36. The van der Waals surface area contributed by atoms with Crippen molar-refractivity contribution in [1.82, 2.24) is 0 Å². The predicted molar refractivity (Wildman–Crippen MR) is 96.6 cm³/mol. The first-order valence-electron chi connectivity index (χ1n) is 6.93.